The number of hydrogen-bond acceptors (Lipinski definition) is 3. The molecule has 4 heteroatoms. The van der Waals surface area contributed by atoms with E-state index in [0.29, 0.717) is 18.5 Å². The first-order chi connectivity index (χ1) is 8.06. The molecule has 0 radical (unpaired) electrons. The third-order valence-electron chi connectivity index (χ3n) is 4.19. The molecule has 1 unspecified atom stereocenters. The molecule has 0 saturated carbocycles. The van der Waals surface area contributed by atoms with Gasteiger partial charge in [-0.15, -0.1) is 0 Å². The number of hydrogen-bond donors (Lipinski definition) is 2. The topological polar surface area (TPSA) is 44.4 Å². The fourth-order valence-corrected chi connectivity index (χ4v) is 2.74. The Hall–Kier alpha value is -0.610. The van der Waals surface area contributed by atoms with Crippen LogP contribution in [0, 0.1) is 11.8 Å². The van der Waals surface area contributed by atoms with Crippen LogP contribution >= 0.6 is 0 Å². The molecule has 98 valence electrons. The lowest BCUT2D eigenvalue weighted by atomic mass is 10.1. The zero-order valence-corrected chi connectivity index (χ0v) is 11.2. The Morgan fingerprint density at radius 1 is 1.41 bits per heavy atom. The summed E-state index contributed by atoms with van der Waals surface area (Å²) >= 11 is 0. The first-order valence-corrected chi connectivity index (χ1v) is 6.81. The summed E-state index contributed by atoms with van der Waals surface area (Å²) in [5.74, 6) is 1.44. The number of likely N-dealkylation sites (tertiary alicyclic amines) is 1. The predicted octanol–water partition coefficient (Wildman–Crippen LogP) is 0.441. The smallest absolute Gasteiger partial charge is 0.234 e. The molecule has 4 nitrogen and oxygen atoms in total. The van der Waals surface area contributed by atoms with Gasteiger partial charge in [0.15, 0.2) is 0 Å². The van der Waals surface area contributed by atoms with Crippen molar-refractivity contribution in [3.63, 3.8) is 0 Å². The third-order valence-corrected chi connectivity index (χ3v) is 4.19. The van der Waals surface area contributed by atoms with E-state index in [1.165, 1.54) is 6.42 Å². The largest absolute Gasteiger partial charge is 0.352 e. The van der Waals surface area contributed by atoms with E-state index in [2.05, 4.69) is 36.3 Å². The molecule has 0 aromatic carbocycles. The summed E-state index contributed by atoms with van der Waals surface area (Å²) in [6, 6.07) is 0.896. The van der Waals surface area contributed by atoms with Gasteiger partial charge in [0.2, 0.25) is 5.91 Å². The third kappa shape index (κ3) is 3.19. The van der Waals surface area contributed by atoms with E-state index < -0.39 is 0 Å². The molecule has 2 aliphatic rings. The fraction of sp³-hybridized carbons (Fsp3) is 0.923. The van der Waals surface area contributed by atoms with Crippen LogP contribution < -0.4 is 10.6 Å². The molecule has 0 bridgehead atoms. The average Bonchev–Trinajstić information content (AvgIpc) is 2.76. The van der Waals surface area contributed by atoms with Crippen LogP contribution in [-0.2, 0) is 4.79 Å². The highest BCUT2D eigenvalue weighted by Gasteiger charge is 2.36. The lowest BCUT2D eigenvalue weighted by molar-refractivity contribution is -0.122. The highest BCUT2D eigenvalue weighted by Crippen LogP contribution is 2.23. The van der Waals surface area contributed by atoms with Gasteiger partial charge in [0, 0.05) is 25.2 Å². The number of rotatable bonds is 4. The maximum atomic E-state index is 11.9. The van der Waals surface area contributed by atoms with Crippen LogP contribution in [0.4, 0.5) is 0 Å². The highest BCUT2D eigenvalue weighted by atomic mass is 16.2. The maximum Gasteiger partial charge on any atom is 0.234 e. The van der Waals surface area contributed by atoms with E-state index >= 15 is 0 Å². The number of amides is 1. The lowest BCUT2D eigenvalue weighted by Gasteiger charge is -2.21. The molecule has 17 heavy (non-hydrogen) atoms. The number of nitrogens with zero attached hydrogens (tertiary/aromatic N) is 1. The number of nitrogens with one attached hydrogen (secondary N) is 2. The number of fused-ring (bicyclic) bond motifs is 1. The summed E-state index contributed by atoms with van der Waals surface area (Å²) in [5, 5.41) is 6.58. The Bertz CT molecular complexity index is 268. The molecule has 0 spiro atoms. The van der Waals surface area contributed by atoms with Crippen molar-refractivity contribution >= 4 is 5.91 Å². The summed E-state index contributed by atoms with van der Waals surface area (Å²) < 4.78 is 0. The minimum Gasteiger partial charge on any atom is -0.352 e. The normalized spacial score (nSPS) is 30.6. The Kier molecular flexibility index (Phi) is 4.05. The van der Waals surface area contributed by atoms with Gasteiger partial charge in [0.25, 0.3) is 0 Å². The van der Waals surface area contributed by atoms with Gasteiger partial charge in [0.05, 0.1) is 6.54 Å². The van der Waals surface area contributed by atoms with Crippen LogP contribution in [0.3, 0.4) is 0 Å². The molecule has 2 saturated heterocycles. The average molecular weight is 239 g/mol. The first kappa shape index (κ1) is 12.8. The maximum absolute atomic E-state index is 11.9. The van der Waals surface area contributed by atoms with Crippen molar-refractivity contribution in [3.8, 4) is 0 Å². The Morgan fingerprint density at radius 2 is 2.18 bits per heavy atom. The summed E-state index contributed by atoms with van der Waals surface area (Å²) in [6.45, 7) is 10.2. The SMILES string of the molecule is CC(C)C(C)NC(=O)CN1C[C@@H]2CCN[C@@H]2C1. The zero-order valence-electron chi connectivity index (χ0n) is 11.2. The molecule has 2 fully saturated rings. The van der Waals surface area contributed by atoms with Gasteiger partial charge in [-0.05, 0) is 31.7 Å². The minimum absolute atomic E-state index is 0.172. The molecule has 0 aliphatic carbocycles. The van der Waals surface area contributed by atoms with Crippen molar-refractivity contribution in [1.82, 2.24) is 15.5 Å². The van der Waals surface area contributed by atoms with E-state index in [4.69, 9.17) is 0 Å². The molecular weight excluding hydrogens is 214 g/mol. The van der Waals surface area contributed by atoms with Crippen LogP contribution in [0.15, 0.2) is 0 Å². The van der Waals surface area contributed by atoms with E-state index in [-0.39, 0.29) is 11.9 Å². The Morgan fingerprint density at radius 3 is 2.82 bits per heavy atom. The van der Waals surface area contributed by atoms with Gasteiger partial charge < -0.3 is 10.6 Å². The summed E-state index contributed by atoms with van der Waals surface area (Å²) in [5.41, 5.74) is 0. The molecule has 0 aromatic rings. The summed E-state index contributed by atoms with van der Waals surface area (Å²) in [7, 11) is 0. The van der Waals surface area contributed by atoms with Gasteiger partial charge >= 0.3 is 0 Å². The Balaban J connectivity index is 1.73. The second-order valence-electron chi connectivity index (χ2n) is 5.90. The lowest BCUT2D eigenvalue weighted by Crippen LogP contribution is -2.43. The highest BCUT2D eigenvalue weighted by molar-refractivity contribution is 5.78. The molecule has 0 aromatic heterocycles. The second kappa shape index (κ2) is 5.36. The van der Waals surface area contributed by atoms with Crippen molar-refractivity contribution in [2.75, 3.05) is 26.2 Å². The van der Waals surface area contributed by atoms with Crippen molar-refractivity contribution < 1.29 is 4.79 Å². The van der Waals surface area contributed by atoms with Gasteiger partial charge in [-0.25, -0.2) is 0 Å². The van der Waals surface area contributed by atoms with Crippen molar-refractivity contribution in [1.29, 1.82) is 0 Å². The van der Waals surface area contributed by atoms with Crippen LogP contribution in [0.25, 0.3) is 0 Å². The second-order valence-corrected chi connectivity index (χ2v) is 5.90. The van der Waals surface area contributed by atoms with E-state index in [9.17, 15) is 4.79 Å². The van der Waals surface area contributed by atoms with Crippen LogP contribution in [0.2, 0.25) is 0 Å². The molecule has 2 N–H and O–H groups in total. The van der Waals surface area contributed by atoms with E-state index in [1.54, 1.807) is 0 Å². The quantitative estimate of drug-likeness (QED) is 0.748. The van der Waals surface area contributed by atoms with Gasteiger partial charge in [-0.3, -0.25) is 9.69 Å². The van der Waals surface area contributed by atoms with E-state index in [1.807, 2.05) is 0 Å². The standard InChI is InChI=1S/C13H25N3O/c1-9(2)10(3)15-13(17)8-16-6-11-4-5-14-12(11)7-16/h9-12,14H,4-8H2,1-3H3,(H,15,17)/t10?,11-,12+/m0/s1. The molecule has 2 rings (SSSR count). The number of carbonyl (C=O) groups is 1. The predicted molar refractivity (Wildman–Crippen MR) is 68.8 cm³/mol. The summed E-state index contributed by atoms with van der Waals surface area (Å²) in [6.07, 6.45) is 1.27. The molecular formula is C13H25N3O. The zero-order chi connectivity index (χ0) is 12.4. The van der Waals surface area contributed by atoms with Crippen LogP contribution in [0.1, 0.15) is 27.2 Å². The van der Waals surface area contributed by atoms with Gasteiger partial charge in [0.1, 0.15) is 0 Å². The minimum atomic E-state index is 0.172. The number of carbonyl (C=O) groups excluding carboxylic acids is 1. The Labute approximate surface area is 104 Å². The van der Waals surface area contributed by atoms with Gasteiger partial charge in [-0.2, -0.15) is 0 Å². The summed E-state index contributed by atoms with van der Waals surface area (Å²) in [4.78, 5) is 14.1. The van der Waals surface area contributed by atoms with Gasteiger partial charge in [-0.1, -0.05) is 13.8 Å². The van der Waals surface area contributed by atoms with Crippen molar-refractivity contribution in [3.05, 3.63) is 0 Å². The van der Waals surface area contributed by atoms with Crippen molar-refractivity contribution in [2.45, 2.75) is 39.3 Å². The molecule has 3 atom stereocenters. The monoisotopic (exact) mass is 239 g/mol. The molecule has 2 heterocycles. The van der Waals surface area contributed by atoms with E-state index in [0.717, 1.165) is 25.6 Å². The fourth-order valence-electron chi connectivity index (χ4n) is 2.74. The van der Waals surface area contributed by atoms with Crippen LogP contribution in [-0.4, -0.2) is 49.1 Å². The molecule has 2 aliphatic heterocycles. The molecule has 1 amide bonds. The first-order valence-electron chi connectivity index (χ1n) is 6.81. The van der Waals surface area contributed by atoms with Crippen LogP contribution in [0.5, 0.6) is 0 Å². The van der Waals surface area contributed by atoms with Crippen molar-refractivity contribution in [2.24, 2.45) is 11.8 Å².